The third-order valence-electron chi connectivity index (χ3n) is 5.76. The minimum absolute atomic E-state index is 0.142. The second kappa shape index (κ2) is 11.9. The quantitative estimate of drug-likeness (QED) is 0.400. The number of aliphatic hydroxyl groups is 1. The zero-order chi connectivity index (χ0) is 23.8. The Morgan fingerprint density at radius 2 is 1.61 bits per heavy atom. The minimum atomic E-state index is -0.665. The lowest BCUT2D eigenvalue weighted by molar-refractivity contribution is 0.0858. The van der Waals surface area contributed by atoms with Crippen LogP contribution in [0.3, 0.4) is 0 Å². The maximum absolute atomic E-state index is 11.0. The van der Waals surface area contributed by atoms with E-state index in [1.165, 1.54) is 0 Å². The molecular formula is C27H32ClNO4. The first-order chi connectivity index (χ1) is 15.9. The Morgan fingerprint density at radius 1 is 0.848 bits per heavy atom. The molecule has 0 amide bonds. The van der Waals surface area contributed by atoms with Crippen molar-refractivity contribution in [1.29, 1.82) is 0 Å². The Balaban J connectivity index is 1.83. The van der Waals surface area contributed by atoms with Crippen molar-refractivity contribution in [3.05, 3.63) is 88.4 Å². The van der Waals surface area contributed by atoms with Crippen molar-refractivity contribution >= 4 is 11.6 Å². The Labute approximate surface area is 201 Å². The van der Waals surface area contributed by atoms with Gasteiger partial charge in [-0.25, -0.2) is 0 Å². The van der Waals surface area contributed by atoms with Gasteiger partial charge in [0.2, 0.25) is 0 Å². The molecule has 0 aliphatic carbocycles. The number of halogens is 1. The van der Waals surface area contributed by atoms with Crippen molar-refractivity contribution in [2.75, 3.05) is 27.9 Å². The summed E-state index contributed by atoms with van der Waals surface area (Å²) in [5.74, 6) is 2.23. The number of hydrogen-bond acceptors (Lipinski definition) is 5. The SMILES string of the molecule is COc1cccc(CN(CC(O)c2cccc(Cl)c2)C(C)Cc2ccc(OC)c(OC)c2)c1. The second-order valence-electron chi connectivity index (χ2n) is 8.09. The van der Waals surface area contributed by atoms with Crippen LogP contribution in [0.25, 0.3) is 0 Å². The smallest absolute Gasteiger partial charge is 0.160 e. The van der Waals surface area contributed by atoms with E-state index in [0.717, 1.165) is 28.9 Å². The Kier molecular flexibility index (Phi) is 9.01. The molecule has 3 rings (SSSR count). The largest absolute Gasteiger partial charge is 0.497 e. The van der Waals surface area contributed by atoms with Crippen molar-refractivity contribution in [1.82, 2.24) is 4.90 Å². The zero-order valence-electron chi connectivity index (χ0n) is 19.6. The minimum Gasteiger partial charge on any atom is -0.497 e. The molecule has 2 atom stereocenters. The first kappa shape index (κ1) is 24.9. The molecule has 2 unspecified atom stereocenters. The molecule has 0 spiro atoms. The van der Waals surface area contributed by atoms with Crippen molar-refractivity contribution in [3.63, 3.8) is 0 Å². The van der Waals surface area contributed by atoms with Crippen LogP contribution in [0.5, 0.6) is 17.2 Å². The summed E-state index contributed by atoms with van der Waals surface area (Å²) in [6, 6.07) is 21.5. The van der Waals surface area contributed by atoms with E-state index in [-0.39, 0.29) is 6.04 Å². The van der Waals surface area contributed by atoms with Crippen LogP contribution in [0, 0.1) is 0 Å². The predicted molar refractivity (Wildman–Crippen MR) is 133 cm³/mol. The Hall–Kier alpha value is -2.73. The maximum atomic E-state index is 11.0. The fraction of sp³-hybridized carbons (Fsp3) is 0.333. The molecule has 0 radical (unpaired) electrons. The number of aliphatic hydroxyl groups excluding tert-OH is 1. The van der Waals surface area contributed by atoms with Crippen LogP contribution in [0.2, 0.25) is 5.02 Å². The Bertz CT molecular complexity index is 1040. The highest BCUT2D eigenvalue weighted by atomic mass is 35.5. The molecule has 0 aromatic heterocycles. The van der Waals surface area contributed by atoms with Crippen LogP contribution in [0.4, 0.5) is 0 Å². The van der Waals surface area contributed by atoms with Gasteiger partial charge in [-0.3, -0.25) is 4.90 Å². The summed E-state index contributed by atoms with van der Waals surface area (Å²) in [7, 11) is 4.94. The van der Waals surface area contributed by atoms with Crippen LogP contribution in [0.15, 0.2) is 66.7 Å². The van der Waals surface area contributed by atoms with Gasteiger partial charge >= 0.3 is 0 Å². The van der Waals surface area contributed by atoms with Gasteiger partial charge in [-0.1, -0.05) is 41.9 Å². The van der Waals surface area contributed by atoms with Gasteiger partial charge in [0.25, 0.3) is 0 Å². The summed E-state index contributed by atoms with van der Waals surface area (Å²) in [5.41, 5.74) is 3.05. The fourth-order valence-corrected chi connectivity index (χ4v) is 4.12. The van der Waals surface area contributed by atoms with Crippen molar-refractivity contribution in [2.24, 2.45) is 0 Å². The first-order valence-electron chi connectivity index (χ1n) is 10.9. The third kappa shape index (κ3) is 6.87. The molecule has 6 heteroatoms. The summed E-state index contributed by atoms with van der Waals surface area (Å²) in [5, 5.41) is 11.6. The van der Waals surface area contributed by atoms with E-state index in [9.17, 15) is 5.11 Å². The van der Waals surface area contributed by atoms with Gasteiger partial charge in [0, 0.05) is 24.2 Å². The molecule has 3 aromatic rings. The lowest BCUT2D eigenvalue weighted by Crippen LogP contribution is -2.37. The molecule has 176 valence electrons. The van der Waals surface area contributed by atoms with Gasteiger partial charge in [0.1, 0.15) is 5.75 Å². The molecule has 33 heavy (non-hydrogen) atoms. The summed E-state index contributed by atoms with van der Waals surface area (Å²) >= 11 is 6.15. The first-order valence-corrected chi connectivity index (χ1v) is 11.3. The summed E-state index contributed by atoms with van der Waals surface area (Å²) in [6.45, 7) is 3.30. The van der Waals surface area contributed by atoms with E-state index >= 15 is 0 Å². The summed E-state index contributed by atoms with van der Waals surface area (Å²) < 4.78 is 16.2. The molecule has 3 aromatic carbocycles. The summed E-state index contributed by atoms with van der Waals surface area (Å²) in [4.78, 5) is 2.27. The standard InChI is InChI=1S/C27H32ClNO4/c1-19(13-20-11-12-26(32-3)27(15-20)33-4)29(17-21-7-5-10-24(14-21)31-2)18-25(30)22-8-6-9-23(28)16-22/h5-12,14-16,19,25,30H,13,17-18H2,1-4H3. The molecule has 0 fully saturated rings. The molecule has 0 heterocycles. The third-order valence-corrected chi connectivity index (χ3v) is 6.00. The lowest BCUT2D eigenvalue weighted by Gasteiger charge is -2.31. The second-order valence-corrected chi connectivity index (χ2v) is 8.53. The van der Waals surface area contributed by atoms with E-state index in [4.69, 9.17) is 25.8 Å². The molecule has 0 saturated carbocycles. The van der Waals surface area contributed by atoms with Crippen LogP contribution < -0.4 is 14.2 Å². The van der Waals surface area contributed by atoms with Gasteiger partial charge in [-0.05, 0) is 66.4 Å². The van der Waals surface area contributed by atoms with Gasteiger partial charge < -0.3 is 19.3 Å². The topological polar surface area (TPSA) is 51.2 Å². The van der Waals surface area contributed by atoms with E-state index in [1.54, 1.807) is 21.3 Å². The van der Waals surface area contributed by atoms with Gasteiger partial charge in [0.05, 0.1) is 27.4 Å². The number of benzene rings is 3. The normalized spacial score (nSPS) is 12.9. The monoisotopic (exact) mass is 469 g/mol. The van der Waals surface area contributed by atoms with Crippen molar-refractivity contribution < 1.29 is 19.3 Å². The fourth-order valence-electron chi connectivity index (χ4n) is 3.92. The van der Waals surface area contributed by atoms with Crippen molar-refractivity contribution in [3.8, 4) is 17.2 Å². The lowest BCUT2D eigenvalue weighted by atomic mass is 10.0. The number of hydrogen-bond donors (Lipinski definition) is 1. The number of methoxy groups -OCH3 is 3. The highest BCUT2D eigenvalue weighted by molar-refractivity contribution is 6.30. The van der Waals surface area contributed by atoms with Gasteiger partial charge in [0.15, 0.2) is 11.5 Å². The molecular weight excluding hydrogens is 438 g/mol. The molecule has 0 bridgehead atoms. The van der Waals surface area contributed by atoms with E-state index in [1.807, 2.05) is 54.6 Å². The number of ether oxygens (including phenoxy) is 3. The average Bonchev–Trinajstić information content (AvgIpc) is 2.83. The average molecular weight is 470 g/mol. The maximum Gasteiger partial charge on any atom is 0.160 e. The summed E-state index contributed by atoms with van der Waals surface area (Å²) in [6.07, 6.45) is 0.120. The van der Waals surface area contributed by atoms with E-state index in [0.29, 0.717) is 29.6 Å². The van der Waals surface area contributed by atoms with Crippen molar-refractivity contribution in [2.45, 2.75) is 32.0 Å². The number of rotatable bonds is 11. The molecule has 1 N–H and O–H groups in total. The van der Waals surface area contributed by atoms with Gasteiger partial charge in [-0.2, -0.15) is 0 Å². The Morgan fingerprint density at radius 3 is 2.30 bits per heavy atom. The van der Waals surface area contributed by atoms with Crippen LogP contribution in [-0.4, -0.2) is 43.9 Å². The number of nitrogens with zero attached hydrogens (tertiary/aromatic N) is 1. The van der Waals surface area contributed by atoms with Crippen LogP contribution in [-0.2, 0) is 13.0 Å². The van der Waals surface area contributed by atoms with Crippen LogP contribution >= 0.6 is 11.6 Å². The zero-order valence-corrected chi connectivity index (χ0v) is 20.4. The van der Waals surface area contributed by atoms with Gasteiger partial charge in [-0.15, -0.1) is 0 Å². The van der Waals surface area contributed by atoms with Crippen LogP contribution in [0.1, 0.15) is 29.7 Å². The molecule has 0 saturated heterocycles. The molecule has 0 aliphatic rings. The van der Waals surface area contributed by atoms with E-state index < -0.39 is 6.10 Å². The van der Waals surface area contributed by atoms with E-state index in [2.05, 4.69) is 24.0 Å². The predicted octanol–water partition coefficient (Wildman–Crippen LogP) is 5.53. The molecule has 5 nitrogen and oxygen atoms in total. The highest BCUT2D eigenvalue weighted by Crippen LogP contribution is 2.29. The molecule has 0 aliphatic heterocycles. The highest BCUT2D eigenvalue weighted by Gasteiger charge is 2.21.